The zero-order chi connectivity index (χ0) is 16.2. The van der Waals surface area contributed by atoms with Gasteiger partial charge in [-0.3, -0.25) is 0 Å². The van der Waals surface area contributed by atoms with E-state index >= 15 is 0 Å². The minimum Gasteiger partial charge on any atom is -0.0991 e. The van der Waals surface area contributed by atoms with Crippen LogP contribution in [0, 0.1) is 0 Å². The number of allylic oxidation sites excluding steroid dienone is 12. The largest absolute Gasteiger partial charge is 0.0991 e. The summed E-state index contributed by atoms with van der Waals surface area (Å²) in [6, 6.07) is 0. The first-order valence-electron chi connectivity index (χ1n) is 7.38. The molecule has 0 N–H and O–H groups in total. The summed E-state index contributed by atoms with van der Waals surface area (Å²) >= 11 is 0. The predicted octanol–water partition coefficient (Wildman–Crippen LogP) is 6.97. The standard InChI is InChI=1S/C16H20.2C2H6/c1-5-9-11-13-15(7-3)16(8-4)14-12-10-6-2;2*1-2/h5-14H,1,3H2,2,4H3;2*1-2H3/b10-6-,11-9-,14-12-,15-13+,16-8+;;. The van der Waals surface area contributed by atoms with Gasteiger partial charge in [-0.05, 0) is 25.0 Å². The molecule has 0 heteroatoms. The highest BCUT2D eigenvalue weighted by molar-refractivity contribution is 5.47. The topological polar surface area (TPSA) is 0 Å². The summed E-state index contributed by atoms with van der Waals surface area (Å²) in [6.45, 7) is 19.5. The molecule has 20 heavy (non-hydrogen) atoms. The maximum absolute atomic E-state index is 3.82. The van der Waals surface area contributed by atoms with Crippen molar-refractivity contribution in [2.45, 2.75) is 41.5 Å². The molecule has 0 heterocycles. The van der Waals surface area contributed by atoms with E-state index in [1.165, 1.54) is 0 Å². The van der Waals surface area contributed by atoms with Crippen molar-refractivity contribution in [2.75, 3.05) is 0 Å². The molecule has 0 rings (SSSR count). The molecule has 0 amide bonds. The normalized spacial score (nSPS) is 11.9. The van der Waals surface area contributed by atoms with Gasteiger partial charge in [0.15, 0.2) is 0 Å². The Morgan fingerprint density at radius 3 is 1.75 bits per heavy atom. The van der Waals surface area contributed by atoms with Crippen molar-refractivity contribution >= 4 is 0 Å². The molecule has 0 radical (unpaired) electrons. The van der Waals surface area contributed by atoms with Gasteiger partial charge in [0.05, 0.1) is 0 Å². The molecule has 0 aliphatic rings. The summed E-state index contributed by atoms with van der Waals surface area (Å²) < 4.78 is 0. The van der Waals surface area contributed by atoms with Gasteiger partial charge in [-0.2, -0.15) is 0 Å². The van der Waals surface area contributed by atoms with Crippen molar-refractivity contribution in [1.29, 1.82) is 0 Å². The predicted molar refractivity (Wildman–Crippen MR) is 98.0 cm³/mol. The Balaban J connectivity index is -0.000000656. The summed E-state index contributed by atoms with van der Waals surface area (Å²) in [4.78, 5) is 0. The van der Waals surface area contributed by atoms with Crippen LogP contribution in [0.2, 0.25) is 0 Å². The molecular formula is C20H32. The van der Waals surface area contributed by atoms with Gasteiger partial charge in [-0.1, -0.05) is 102 Å². The lowest BCUT2D eigenvalue weighted by atomic mass is 10.0. The van der Waals surface area contributed by atoms with Crippen molar-refractivity contribution in [1.82, 2.24) is 0 Å². The van der Waals surface area contributed by atoms with Gasteiger partial charge in [0, 0.05) is 0 Å². The minimum absolute atomic E-state index is 1.10. The Morgan fingerprint density at radius 1 is 0.750 bits per heavy atom. The molecule has 0 spiro atoms. The first-order chi connectivity index (χ1) is 9.79. The van der Waals surface area contributed by atoms with E-state index in [-0.39, 0.29) is 0 Å². The molecule has 0 nitrogen and oxygen atoms in total. The second-order valence-corrected chi connectivity index (χ2v) is 3.08. The lowest BCUT2D eigenvalue weighted by molar-refractivity contribution is 1.50. The van der Waals surface area contributed by atoms with E-state index in [0.29, 0.717) is 0 Å². The second-order valence-electron chi connectivity index (χ2n) is 3.08. The number of rotatable bonds is 6. The zero-order valence-electron chi connectivity index (χ0n) is 14.2. The van der Waals surface area contributed by atoms with Gasteiger partial charge >= 0.3 is 0 Å². The molecule has 112 valence electrons. The fourth-order valence-corrected chi connectivity index (χ4v) is 1.15. The molecule has 0 unspecified atom stereocenters. The second kappa shape index (κ2) is 22.4. The van der Waals surface area contributed by atoms with Crippen LogP contribution < -0.4 is 0 Å². The van der Waals surface area contributed by atoms with Crippen LogP contribution in [0.5, 0.6) is 0 Å². The van der Waals surface area contributed by atoms with Crippen LogP contribution in [0.25, 0.3) is 0 Å². The Kier molecular flexibility index (Phi) is 26.0. The highest BCUT2D eigenvalue weighted by Gasteiger charge is 1.93. The maximum atomic E-state index is 3.82. The molecule has 0 aromatic carbocycles. The average Bonchev–Trinajstić information content (AvgIpc) is 2.53. The molecule has 0 saturated carbocycles. The third-order valence-corrected chi connectivity index (χ3v) is 1.97. The molecular weight excluding hydrogens is 240 g/mol. The van der Waals surface area contributed by atoms with E-state index in [0.717, 1.165) is 11.1 Å². The van der Waals surface area contributed by atoms with Crippen molar-refractivity contribution in [2.24, 2.45) is 0 Å². The highest BCUT2D eigenvalue weighted by Crippen LogP contribution is 2.13. The van der Waals surface area contributed by atoms with Gasteiger partial charge in [0.1, 0.15) is 0 Å². The van der Waals surface area contributed by atoms with Crippen LogP contribution in [0.4, 0.5) is 0 Å². The first kappa shape index (κ1) is 23.3. The van der Waals surface area contributed by atoms with E-state index in [9.17, 15) is 0 Å². The van der Waals surface area contributed by atoms with Gasteiger partial charge in [-0.15, -0.1) is 0 Å². The monoisotopic (exact) mass is 272 g/mol. The third-order valence-electron chi connectivity index (χ3n) is 1.97. The molecule has 0 fully saturated rings. The van der Waals surface area contributed by atoms with Crippen molar-refractivity contribution < 1.29 is 0 Å². The van der Waals surface area contributed by atoms with E-state index in [1.54, 1.807) is 6.08 Å². The first-order valence-corrected chi connectivity index (χ1v) is 7.38. The fraction of sp³-hybridized carbons (Fsp3) is 0.300. The minimum atomic E-state index is 1.10. The van der Waals surface area contributed by atoms with Gasteiger partial charge in [-0.25, -0.2) is 0 Å². The molecule has 0 aliphatic heterocycles. The SMILES string of the molecule is C=C\C=C/C=C(C=C)/C(/C=C\C=C/C)=C/C.CC.CC. The van der Waals surface area contributed by atoms with Crippen LogP contribution in [0.3, 0.4) is 0 Å². The quantitative estimate of drug-likeness (QED) is 0.458. The summed E-state index contributed by atoms with van der Waals surface area (Å²) in [5.41, 5.74) is 2.25. The van der Waals surface area contributed by atoms with Gasteiger partial charge in [0.2, 0.25) is 0 Å². The molecule has 0 aromatic rings. The number of hydrogen-bond donors (Lipinski definition) is 0. The van der Waals surface area contributed by atoms with E-state index in [4.69, 9.17) is 0 Å². The van der Waals surface area contributed by atoms with E-state index in [2.05, 4.69) is 25.3 Å². The lowest BCUT2D eigenvalue weighted by Gasteiger charge is -2.00. The maximum Gasteiger partial charge on any atom is -0.0193 e. The van der Waals surface area contributed by atoms with Crippen LogP contribution >= 0.6 is 0 Å². The lowest BCUT2D eigenvalue weighted by Crippen LogP contribution is -1.81. The molecule has 0 bridgehead atoms. The summed E-state index contributed by atoms with van der Waals surface area (Å²) in [5, 5.41) is 0. The van der Waals surface area contributed by atoms with E-state index < -0.39 is 0 Å². The smallest absolute Gasteiger partial charge is 0.0193 e. The molecule has 0 aromatic heterocycles. The van der Waals surface area contributed by atoms with Gasteiger partial charge in [0.25, 0.3) is 0 Å². The number of hydrogen-bond acceptors (Lipinski definition) is 0. The fourth-order valence-electron chi connectivity index (χ4n) is 1.15. The van der Waals surface area contributed by atoms with Gasteiger partial charge < -0.3 is 0 Å². The average molecular weight is 272 g/mol. The zero-order valence-corrected chi connectivity index (χ0v) is 14.2. The third kappa shape index (κ3) is 14.2. The van der Waals surface area contributed by atoms with E-state index in [1.807, 2.05) is 84.1 Å². The Labute approximate surface area is 127 Å². The summed E-state index contributed by atoms with van der Waals surface area (Å²) in [5.74, 6) is 0. The Morgan fingerprint density at radius 2 is 1.35 bits per heavy atom. The molecule has 0 saturated heterocycles. The van der Waals surface area contributed by atoms with Crippen LogP contribution in [-0.4, -0.2) is 0 Å². The highest BCUT2D eigenvalue weighted by atomic mass is 14.0. The van der Waals surface area contributed by atoms with Crippen molar-refractivity contribution in [3.05, 3.63) is 85.1 Å². The summed E-state index contributed by atoms with van der Waals surface area (Å²) in [7, 11) is 0. The summed E-state index contributed by atoms with van der Waals surface area (Å²) in [6.07, 6.45) is 19.6. The van der Waals surface area contributed by atoms with Crippen molar-refractivity contribution in [3.8, 4) is 0 Å². The Hall–Kier alpha value is -1.82. The van der Waals surface area contributed by atoms with Crippen molar-refractivity contribution in [3.63, 3.8) is 0 Å². The van der Waals surface area contributed by atoms with Crippen LogP contribution in [0.15, 0.2) is 85.1 Å². The van der Waals surface area contributed by atoms with Crippen LogP contribution in [-0.2, 0) is 0 Å². The molecule has 0 atom stereocenters. The Bertz CT molecular complexity index is 357. The molecule has 0 aliphatic carbocycles. The van der Waals surface area contributed by atoms with Crippen LogP contribution in [0.1, 0.15) is 41.5 Å².